The van der Waals surface area contributed by atoms with E-state index in [1.54, 1.807) is 7.05 Å². The average Bonchev–Trinajstić information content (AvgIpc) is 3.18. The van der Waals surface area contributed by atoms with Crippen LogP contribution in [-0.4, -0.2) is 66.1 Å². The van der Waals surface area contributed by atoms with Gasteiger partial charge in [0.2, 0.25) is 0 Å². The number of aliphatic imine (C=N–C) groups is 1. The van der Waals surface area contributed by atoms with E-state index >= 15 is 0 Å². The topological polar surface area (TPSA) is 66.7 Å². The third kappa shape index (κ3) is 6.18. The molecule has 0 amide bonds. The van der Waals surface area contributed by atoms with Gasteiger partial charge >= 0.3 is 0 Å². The largest absolute Gasteiger partial charge is 0.379 e. The molecule has 0 bridgehead atoms. The van der Waals surface area contributed by atoms with Crippen molar-refractivity contribution in [3.8, 4) is 5.69 Å². The second-order valence-electron chi connectivity index (χ2n) is 7.32. The molecule has 2 heterocycles. The number of rotatable bonds is 6. The second kappa shape index (κ2) is 10.8. The standard InChI is InChI=1S/C20H30N6O.HI/c1-20(2,25-9-11-27-12-10-25)16-23-19(21-3)22-13-17-14-24-26(15-17)18-7-5-4-6-8-18;/h4-8,14-15H,9-13,16H2,1-3H3,(H2,21,22,23);1H. The number of ether oxygens (including phenoxy) is 1. The molecule has 1 fully saturated rings. The van der Waals surface area contributed by atoms with Gasteiger partial charge in [0.05, 0.1) is 25.1 Å². The van der Waals surface area contributed by atoms with Crippen LogP contribution in [-0.2, 0) is 11.3 Å². The van der Waals surface area contributed by atoms with Gasteiger partial charge in [-0.2, -0.15) is 5.10 Å². The minimum absolute atomic E-state index is 0. The lowest BCUT2D eigenvalue weighted by atomic mass is 10.0. The number of morpholine rings is 1. The zero-order chi connectivity index (χ0) is 19.1. The van der Waals surface area contributed by atoms with Crippen molar-refractivity contribution in [3.63, 3.8) is 0 Å². The number of guanidine groups is 1. The number of nitrogens with zero attached hydrogens (tertiary/aromatic N) is 4. The maximum Gasteiger partial charge on any atom is 0.191 e. The summed E-state index contributed by atoms with van der Waals surface area (Å²) < 4.78 is 7.34. The van der Waals surface area contributed by atoms with Crippen LogP contribution in [0.4, 0.5) is 0 Å². The number of hydrogen-bond donors (Lipinski definition) is 2. The zero-order valence-corrected chi connectivity index (χ0v) is 19.2. The molecule has 8 heteroatoms. The number of benzene rings is 1. The smallest absolute Gasteiger partial charge is 0.191 e. The van der Waals surface area contributed by atoms with E-state index in [0.717, 1.165) is 50.1 Å². The Hall–Kier alpha value is -1.65. The zero-order valence-electron chi connectivity index (χ0n) is 16.9. The van der Waals surface area contributed by atoms with Gasteiger partial charge in [0, 0.05) is 50.5 Å². The number of para-hydroxylation sites is 1. The molecule has 154 valence electrons. The first-order valence-electron chi connectivity index (χ1n) is 9.45. The average molecular weight is 498 g/mol. The van der Waals surface area contributed by atoms with Crippen LogP contribution in [0.15, 0.2) is 47.7 Å². The predicted octanol–water partition coefficient (Wildman–Crippen LogP) is 2.27. The Morgan fingerprint density at radius 1 is 1.18 bits per heavy atom. The highest BCUT2D eigenvalue weighted by atomic mass is 127. The highest BCUT2D eigenvalue weighted by Crippen LogP contribution is 2.15. The fraction of sp³-hybridized carbons (Fsp3) is 0.500. The number of hydrogen-bond acceptors (Lipinski definition) is 4. The van der Waals surface area contributed by atoms with Crippen LogP contribution in [0.3, 0.4) is 0 Å². The SMILES string of the molecule is CN=C(NCc1cnn(-c2ccccc2)c1)NCC(C)(C)N1CCOCC1.I. The van der Waals surface area contributed by atoms with Gasteiger partial charge < -0.3 is 15.4 Å². The minimum atomic E-state index is 0. The molecule has 0 aliphatic carbocycles. The van der Waals surface area contributed by atoms with E-state index in [2.05, 4.69) is 39.5 Å². The minimum Gasteiger partial charge on any atom is -0.379 e. The monoisotopic (exact) mass is 498 g/mol. The summed E-state index contributed by atoms with van der Waals surface area (Å²) in [5.41, 5.74) is 2.20. The summed E-state index contributed by atoms with van der Waals surface area (Å²) in [7, 11) is 1.80. The quantitative estimate of drug-likeness (QED) is 0.364. The molecule has 0 saturated carbocycles. The van der Waals surface area contributed by atoms with Gasteiger partial charge in [0.1, 0.15) is 0 Å². The molecule has 1 saturated heterocycles. The number of halogens is 1. The van der Waals surface area contributed by atoms with Gasteiger partial charge in [-0.1, -0.05) is 18.2 Å². The highest BCUT2D eigenvalue weighted by molar-refractivity contribution is 14.0. The maximum atomic E-state index is 5.46. The Bertz CT molecular complexity index is 740. The number of nitrogens with one attached hydrogen (secondary N) is 2. The van der Waals surface area contributed by atoms with Crippen molar-refractivity contribution in [3.05, 3.63) is 48.3 Å². The van der Waals surface area contributed by atoms with Crippen LogP contribution < -0.4 is 10.6 Å². The maximum absolute atomic E-state index is 5.46. The normalized spacial score (nSPS) is 15.8. The van der Waals surface area contributed by atoms with Crippen molar-refractivity contribution >= 4 is 29.9 Å². The molecule has 7 nitrogen and oxygen atoms in total. The van der Waals surface area contributed by atoms with Crippen molar-refractivity contribution in [2.75, 3.05) is 39.9 Å². The van der Waals surface area contributed by atoms with Gasteiger partial charge in [-0.25, -0.2) is 4.68 Å². The van der Waals surface area contributed by atoms with Crippen LogP contribution in [0.2, 0.25) is 0 Å². The molecular weight excluding hydrogens is 467 g/mol. The third-order valence-corrected chi connectivity index (χ3v) is 4.90. The molecule has 0 radical (unpaired) electrons. The van der Waals surface area contributed by atoms with Crippen molar-refractivity contribution in [2.24, 2.45) is 4.99 Å². The second-order valence-corrected chi connectivity index (χ2v) is 7.32. The first kappa shape index (κ1) is 22.6. The fourth-order valence-electron chi connectivity index (χ4n) is 3.16. The highest BCUT2D eigenvalue weighted by Gasteiger charge is 2.28. The molecule has 28 heavy (non-hydrogen) atoms. The van der Waals surface area contributed by atoms with Crippen molar-refractivity contribution in [2.45, 2.75) is 25.9 Å². The van der Waals surface area contributed by atoms with E-state index in [0.29, 0.717) is 6.54 Å². The van der Waals surface area contributed by atoms with Crippen LogP contribution >= 0.6 is 24.0 Å². The summed E-state index contributed by atoms with van der Waals surface area (Å²) in [4.78, 5) is 6.80. The Morgan fingerprint density at radius 3 is 2.57 bits per heavy atom. The van der Waals surface area contributed by atoms with Crippen LogP contribution in [0.25, 0.3) is 5.69 Å². The lowest BCUT2D eigenvalue weighted by molar-refractivity contribution is -0.00834. The van der Waals surface area contributed by atoms with Crippen molar-refractivity contribution in [1.82, 2.24) is 25.3 Å². The first-order valence-corrected chi connectivity index (χ1v) is 9.45. The summed E-state index contributed by atoms with van der Waals surface area (Å²) in [6.07, 6.45) is 3.91. The van der Waals surface area contributed by atoms with E-state index in [-0.39, 0.29) is 29.5 Å². The van der Waals surface area contributed by atoms with E-state index in [1.165, 1.54) is 0 Å². The van der Waals surface area contributed by atoms with Crippen LogP contribution in [0.1, 0.15) is 19.4 Å². The van der Waals surface area contributed by atoms with Crippen LogP contribution in [0.5, 0.6) is 0 Å². The number of aromatic nitrogens is 2. The lowest BCUT2D eigenvalue weighted by Gasteiger charge is -2.41. The molecule has 0 spiro atoms. The summed E-state index contributed by atoms with van der Waals surface area (Å²) in [5, 5.41) is 11.2. The van der Waals surface area contributed by atoms with E-state index in [9.17, 15) is 0 Å². The van der Waals surface area contributed by atoms with E-state index in [4.69, 9.17) is 4.74 Å². The Morgan fingerprint density at radius 2 is 1.89 bits per heavy atom. The Labute approximate surface area is 184 Å². The molecule has 1 aliphatic rings. The molecule has 1 aliphatic heterocycles. The molecule has 1 aromatic heterocycles. The summed E-state index contributed by atoms with van der Waals surface area (Å²) in [6, 6.07) is 10.1. The van der Waals surface area contributed by atoms with E-state index in [1.807, 2.05) is 47.4 Å². The Balaban J connectivity index is 0.00000280. The predicted molar refractivity (Wildman–Crippen MR) is 124 cm³/mol. The van der Waals surface area contributed by atoms with Crippen molar-refractivity contribution in [1.29, 1.82) is 0 Å². The molecule has 3 rings (SSSR count). The summed E-state index contributed by atoms with van der Waals surface area (Å²) in [6.45, 7) is 9.55. The molecule has 1 aromatic carbocycles. The lowest BCUT2D eigenvalue weighted by Crippen LogP contribution is -2.56. The van der Waals surface area contributed by atoms with Gasteiger partial charge in [-0.05, 0) is 26.0 Å². The Kier molecular flexibility index (Phi) is 8.71. The molecule has 0 unspecified atom stereocenters. The van der Waals surface area contributed by atoms with Gasteiger partial charge in [0.25, 0.3) is 0 Å². The molecule has 0 atom stereocenters. The summed E-state index contributed by atoms with van der Waals surface area (Å²) in [5.74, 6) is 0.795. The summed E-state index contributed by atoms with van der Waals surface area (Å²) >= 11 is 0. The van der Waals surface area contributed by atoms with Gasteiger partial charge in [-0.3, -0.25) is 9.89 Å². The third-order valence-electron chi connectivity index (χ3n) is 4.90. The van der Waals surface area contributed by atoms with Crippen LogP contribution in [0, 0.1) is 0 Å². The van der Waals surface area contributed by atoms with Gasteiger partial charge in [-0.15, -0.1) is 24.0 Å². The van der Waals surface area contributed by atoms with Crippen molar-refractivity contribution < 1.29 is 4.74 Å². The molecule has 2 N–H and O–H groups in total. The fourth-order valence-corrected chi connectivity index (χ4v) is 3.16. The molecule has 2 aromatic rings. The molecular formula is C20H31IN6O. The van der Waals surface area contributed by atoms with Gasteiger partial charge in [0.15, 0.2) is 5.96 Å². The first-order chi connectivity index (χ1) is 13.1. The van der Waals surface area contributed by atoms with E-state index < -0.39 is 0 Å².